The van der Waals surface area contributed by atoms with Crippen LogP contribution in [0.25, 0.3) is 0 Å². The van der Waals surface area contributed by atoms with Crippen LogP contribution in [0.3, 0.4) is 0 Å². The summed E-state index contributed by atoms with van der Waals surface area (Å²) in [5.41, 5.74) is 1.11. The summed E-state index contributed by atoms with van der Waals surface area (Å²) < 4.78 is 87.3. The first-order valence-corrected chi connectivity index (χ1v) is 22.9. The van der Waals surface area contributed by atoms with Crippen molar-refractivity contribution in [2.75, 3.05) is 46.4 Å². The molecule has 2 aliphatic rings. The quantitative estimate of drug-likeness (QED) is 0.0907. The standard InChI is InChI=1S/C41H55N2O15PS/c1-6-52-39(46)28(4)57-59(48,58-33-9-7-8-30(20-33)24-44)26-55-32-12-10-29(11-13-32)21-36(42-41(47)56-38-25-54-40-35(38)18-19-53-40)37(45)23-43(22-27(2)3)60(49,50)34-16-14-31(51-5)15-17-34/h7-17,20,27-28,35-38,40,44-45H,6,18-19,21-26H2,1-5H3,(H,42,47)/t28-,35-,36-,37+,38-,40+,59?/m0/s1. The number of carbonyl (C=O) groups is 2. The van der Waals surface area contributed by atoms with E-state index in [-0.39, 0.29) is 67.6 Å². The van der Waals surface area contributed by atoms with Crippen molar-refractivity contribution >= 4 is 29.7 Å². The Morgan fingerprint density at radius 1 is 0.967 bits per heavy atom. The number of hydrogen-bond acceptors (Lipinski definition) is 15. The van der Waals surface area contributed by atoms with Gasteiger partial charge in [-0.15, -0.1) is 0 Å². The Morgan fingerprint density at radius 2 is 1.68 bits per heavy atom. The van der Waals surface area contributed by atoms with E-state index in [9.17, 15) is 32.8 Å². The molecular weight excluding hydrogens is 823 g/mol. The molecule has 3 aromatic carbocycles. The van der Waals surface area contributed by atoms with Crippen molar-refractivity contribution in [3.8, 4) is 17.2 Å². The van der Waals surface area contributed by atoms with Gasteiger partial charge in [0.1, 0.15) is 23.4 Å². The Kier molecular flexibility index (Phi) is 16.8. The normalized spacial score (nSPS) is 20.1. The molecule has 5 rings (SSSR count). The van der Waals surface area contributed by atoms with Gasteiger partial charge in [0.25, 0.3) is 0 Å². The first kappa shape index (κ1) is 46.8. The van der Waals surface area contributed by atoms with E-state index in [1.54, 1.807) is 43.3 Å². The fraction of sp³-hybridized carbons (Fsp3) is 0.512. The Morgan fingerprint density at radius 3 is 2.35 bits per heavy atom. The van der Waals surface area contributed by atoms with Gasteiger partial charge in [-0.3, -0.25) is 4.52 Å². The molecule has 0 saturated carbocycles. The molecule has 1 amide bonds. The van der Waals surface area contributed by atoms with Gasteiger partial charge in [-0.2, -0.15) is 4.31 Å². The minimum absolute atomic E-state index is 0.0135. The van der Waals surface area contributed by atoms with Gasteiger partial charge in [-0.05, 0) is 92.3 Å². The summed E-state index contributed by atoms with van der Waals surface area (Å²) in [6, 6.07) is 17.6. The van der Waals surface area contributed by atoms with Gasteiger partial charge < -0.3 is 48.5 Å². The van der Waals surface area contributed by atoms with E-state index in [1.807, 2.05) is 13.8 Å². The molecule has 2 saturated heterocycles. The minimum atomic E-state index is -4.19. The zero-order valence-corrected chi connectivity index (χ0v) is 36.0. The third-order valence-corrected chi connectivity index (χ3v) is 13.1. The van der Waals surface area contributed by atoms with Gasteiger partial charge in [0.05, 0.1) is 56.5 Å². The monoisotopic (exact) mass is 878 g/mol. The Hall–Kier alpha value is -4.26. The zero-order chi connectivity index (χ0) is 43.5. The average molecular weight is 879 g/mol. The molecule has 19 heteroatoms. The number of aliphatic hydroxyl groups is 2. The smallest absolute Gasteiger partial charge is 0.417 e. The summed E-state index contributed by atoms with van der Waals surface area (Å²) in [6.07, 6.45) is -4.42. The highest BCUT2D eigenvalue weighted by Crippen LogP contribution is 2.50. The SMILES string of the molecule is CCOC(=O)[C@H](C)OP(=O)(COc1ccc(C[C@H](NC(=O)O[C@H]2CO[C@H]3OCC[C@H]32)[C@H](O)CN(CC(C)C)S(=O)(=O)c2ccc(OC)cc2)cc1)Oc1cccc(CO)c1. The second-order valence-electron chi connectivity index (χ2n) is 14.8. The number of aliphatic hydroxyl groups excluding tert-OH is 2. The summed E-state index contributed by atoms with van der Waals surface area (Å²) >= 11 is 0. The van der Waals surface area contributed by atoms with Crippen LogP contribution in [0.5, 0.6) is 17.2 Å². The van der Waals surface area contributed by atoms with Crippen molar-refractivity contribution in [1.29, 1.82) is 0 Å². The van der Waals surface area contributed by atoms with E-state index in [1.165, 1.54) is 54.7 Å². The van der Waals surface area contributed by atoms with Crippen LogP contribution in [0.2, 0.25) is 0 Å². The lowest BCUT2D eigenvalue weighted by Crippen LogP contribution is -2.51. The predicted molar refractivity (Wildman–Crippen MR) is 217 cm³/mol. The molecule has 60 heavy (non-hydrogen) atoms. The van der Waals surface area contributed by atoms with Crippen molar-refractivity contribution in [3.05, 3.63) is 83.9 Å². The lowest BCUT2D eigenvalue weighted by Gasteiger charge is -2.31. The van der Waals surface area contributed by atoms with Crippen LogP contribution in [0.4, 0.5) is 4.79 Å². The summed E-state index contributed by atoms with van der Waals surface area (Å²) in [5.74, 6) is -0.141. The van der Waals surface area contributed by atoms with Crippen molar-refractivity contribution in [2.45, 2.75) is 82.7 Å². The van der Waals surface area contributed by atoms with Crippen LogP contribution in [0.1, 0.15) is 45.2 Å². The van der Waals surface area contributed by atoms with Gasteiger partial charge in [0.2, 0.25) is 16.4 Å². The van der Waals surface area contributed by atoms with E-state index >= 15 is 0 Å². The fourth-order valence-corrected chi connectivity index (χ4v) is 9.76. The molecule has 0 bridgehead atoms. The third-order valence-electron chi connectivity index (χ3n) is 9.70. The maximum atomic E-state index is 14.0. The first-order valence-electron chi connectivity index (χ1n) is 19.7. The van der Waals surface area contributed by atoms with Gasteiger partial charge in [-0.1, -0.05) is 38.1 Å². The number of carbonyl (C=O) groups excluding carboxylic acids is 2. The summed E-state index contributed by atoms with van der Waals surface area (Å²) in [5, 5.41) is 24.1. The number of benzene rings is 3. The number of methoxy groups -OCH3 is 1. The molecule has 0 aliphatic carbocycles. The van der Waals surface area contributed by atoms with Crippen LogP contribution in [-0.4, -0.2) is 112 Å². The van der Waals surface area contributed by atoms with Crippen LogP contribution in [0.15, 0.2) is 77.7 Å². The maximum Gasteiger partial charge on any atom is 0.417 e. The summed E-state index contributed by atoms with van der Waals surface area (Å²) in [4.78, 5) is 25.8. The number of nitrogens with zero attached hydrogens (tertiary/aromatic N) is 1. The van der Waals surface area contributed by atoms with Crippen molar-refractivity contribution in [3.63, 3.8) is 0 Å². The lowest BCUT2D eigenvalue weighted by atomic mass is 10.0. The molecule has 17 nitrogen and oxygen atoms in total. The van der Waals surface area contributed by atoms with Crippen LogP contribution < -0.4 is 19.3 Å². The van der Waals surface area contributed by atoms with Crippen molar-refractivity contribution in [1.82, 2.24) is 9.62 Å². The highest BCUT2D eigenvalue weighted by Gasteiger charge is 2.44. The molecule has 1 unspecified atom stereocenters. The molecular formula is C41H55N2O15PS. The molecule has 330 valence electrons. The minimum Gasteiger partial charge on any atom is -0.497 e. The molecule has 7 atom stereocenters. The molecule has 2 aliphatic heterocycles. The molecule has 3 N–H and O–H groups in total. The van der Waals surface area contributed by atoms with Gasteiger partial charge in [0, 0.05) is 13.1 Å². The third kappa shape index (κ3) is 12.9. The first-order chi connectivity index (χ1) is 28.6. The van der Waals surface area contributed by atoms with Gasteiger partial charge in [-0.25, -0.2) is 22.6 Å². The maximum absolute atomic E-state index is 14.0. The fourth-order valence-electron chi connectivity index (χ4n) is 6.68. The second kappa shape index (κ2) is 21.5. The number of ether oxygens (including phenoxy) is 6. The van der Waals surface area contributed by atoms with E-state index in [2.05, 4.69) is 5.32 Å². The van der Waals surface area contributed by atoms with Crippen LogP contribution in [0, 0.1) is 11.8 Å². The second-order valence-corrected chi connectivity index (χ2v) is 18.6. The lowest BCUT2D eigenvalue weighted by molar-refractivity contribution is -0.150. The number of alkyl carbamates (subject to hydrolysis) is 1. The number of hydrogen-bond donors (Lipinski definition) is 3. The largest absolute Gasteiger partial charge is 0.497 e. The Balaban J connectivity index is 1.33. The van der Waals surface area contributed by atoms with Gasteiger partial charge in [0.15, 0.2) is 12.4 Å². The molecule has 0 spiro atoms. The number of amides is 1. The van der Waals surface area contributed by atoms with Crippen molar-refractivity contribution < 1.29 is 70.3 Å². The highest BCUT2D eigenvalue weighted by atomic mass is 32.2. The summed E-state index contributed by atoms with van der Waals surface area (Å²) in [7, 11) is -6.81. The molecule has 0 aromatic heterocycles. The number of rotatable bonds is 22. The number of fused-ring (bicyclic) bond motifs is 1. The Labute approximate surface area is 350 Å². The summed E-state index contributed by atoms with van der Waals surface area (Å²) in [6.45, 7) is 6.87. The Bertz CT molecular complexity index is 2020. The van der Waals surface area contributed by atoms with E-state index < -0.39 is 66.7 Å². The molecule has 2 fully saturated rings. The number of nitrogens with one attached hydrogen (secondary N) is 1. The van der Waals surface area contributed by atoms with Gasteiger partial charge >= 0.3 is 19.7 Å². The van der Waals surface area contributed by atoms with Crippen LogP contribution in [-0.2, 0) is 55.9 Å². The highest BCUT2D eigenvalue weighted by molar-refractivity contribution is 7.89. The van der Waals surface area contributed by atoms with E-state index in [4.69, 9.17) is 37.5 Å². The topological polar surface area (TPSA) is 215 Å². The molecule has 3 aromatic rings. The molecule has 2 heterocycles. The number of sulfonamides is 1. The zero-order valence-electron chi connectivity index (χ0n) is 34.3. The van der Waals surface area contributed by atoms with E-state index in [0.29, 0.717) is 29.9 Å². The number of esters is 1. The van der Waals surface area contributed by atoms with Crippen molar-refractivity contribution in [2.24, 2.45) is 11.8 Å². The van der Waals surface area contributed by atoms with E-state index in [0.717, 1.165) is 0 Å². The average Bonchev–Trinajstić information content (AvgIpc) is 3.85. The van der Waals surface area contributed by atoms with Crippen LogP contribution >= 0.6 is 7.60 Å². The predicted octanol–water partition coefficient (Wildman–Crippen LogP) is 4.87. The molecule has 0 radical (unpaired) electrons.